The fourth-order valence-electron chi connectivity index (χ4n) is 3.23. The lowest BCUT2D eigenvalue weighted by atomic mass is 10.1. The highest BCUT2D eigenvalue weighted by Crippen LogP contribution is 2.22. The Labute approximate surface area is 158 Å². The first-order valence-corrected chi connectivity index (χ1v) is 9.37. The quantitative estimate of drug-likeness (QED) is 0.512. The highest BCUT2D eigenvalue weighted by Gasteiger charge is 2.08. The van der Waals surface area contributed by atoms with Gasteiger partial charge in [-0.15, -0.1) is 0 Å². The summed E-state index contributed by atoms with van der Waals surface area (Å²) in [5, 5.41) is 5.05. The number of fused-ring (bicyclic) bond motifs is 2. The number of rotatable bonds is 6. The van der Waals surface area contributed by atoms with E-state index in [-0.39, 0.29) is 5.91 Å². The van der Waals surface area contributed by atoms with Crippen molar-refractivity contribution >= 4 is 27.8 Å². The van der Waals surface area contributed by atoms with Gasteiger partial charge < -0.3 is 9.73 Å². The second-order valence-electron chi connectivity index (χ2n) is 6.78. The molecule has 0 radical (unpaired) electrons. The molecule has 0 fully saturated rings. The highest BCUT2D eigenvalue weighted by molar-refractivity contribution is 5.97. The van der Waals surface area contributed by atoms with Crippen LogP contribution in [0.2, 0.25) is 0 Å². The first kappa shape index (κ1) is 17.3. The Morgan fingerprint density at radius 2 is 2.00 bits per heavy atom. The lowest BCUT2D eigenvalue weighted by Gasteiger charge is -2.06. The van der Waals surface area contributed by atoms with Gasteiger partial charge in [0.15, 0.2) is 0 Å². The number of aryl methyl sites for hydroxylation is 1. The molecule has 27 heavy (non-hydrogen) atoms. The number of furan rings is 1. The third-order valence-electron chi connectivity index (χ3n) is 4.73. The molecule has 0 saturated heterocycles. The maximum Gasteiger partial charge on any atom is 0.251 e. The molecule has 2 heterocycles. The number of unbranched alkanes of at least 4 members (excludes halogenated alkanes) is 1. The molecule has 0 bridgehead atoms. The minimum atomic E-state index is -0.0864. The highest BCUT2D eigenvalue weighted by atomic mass is 16.3. The fourth-order valence-corrected chi connectivity index (χ4v) is 3.23. The second-order valence-corrected chi connectivity index (χ2v) is 6.78. The number of carbonyl (C=O) groups is 1. The number of amides is 1. The van der Waals surface area contributed by atoms with Crippen molar-refractivity contribution < 1.29 is 9.21 Å². The number of aromatic nitrogens is 1. The number of hydrogen-bond donors (Lipinski definition) is 1. The largest absolute Gasteiger partial charge is 0.461 e. The molecule has 4 aromatic rings. The molecule has 1 amide bonds. The minimum absolute atomic E-state index is 0.0864. The zero-order chi connectivity index (χ0) is 18.6. The van der Waals surface area contributed by atoms with Gasteiger partial charge in [-0.1, -0.05) is 25.5 Å². The van der Waals surface area contributed by atoms with Crippen LogP contribution in [0, 0.1) is 0 Å². The fraction of sp³-hybridized carbons (Fsp3) is 0.217. The second kappa shape index (κ2) is 7.62. The molecule has 0 aliphatic carbocycles. The molecule has 0 aliphatic heterocycles. The standard InChI is InChI=1S/C23H22N2O2/c1-2-3-6-20-14-19-12-16(7-10-22(19)27-20)15-25-23(26)18-8-9-21-17(13-18)5-4-11-24-21/h4-5,7-14H,2-3,6,15H2,1H3,(H,25,26). The number of carbonyl (C=O) groups excluding carboxylic acids is 1. The van der Waals surface area contributed by atoms with Gasteiger partial charge in [0.05, 0.1) is 5.52 Å². The van der Waals surface area contributed by atoms with Crippen LogP contribution in [-0.2, 0) is 13.0 Å². The van der Waals surface area contributed by atoms with Crippen molar-refractivity contribution in [3.05, 3.63) is 77.7 Å². The number of hydrogen-bond acceptors (Lipinski definition) is 3. The third-order valence-corrected chi connectivity index (χ3v) is 4.73. The van der Waals surface area contributed by atoms with E-state index in [2.05, 4.69) is 29.4 Å². The van der Waals surface area contributed by atoms with Gasteiger partial charge in [-0.05, 0) is 54.4 Å². The van der Waals surface area contributed by atoms with Gasteiger partial charge >= 0.3 is 0 Å². The number of nitrogens with one attached hydrogen (secondary N) is 1. The van der Waals surface area contributed by atoms with Crippen LogP contribution in [0.15, 0.2) is 65.2 Å². The molecule has 0 spiro atoms. The number of nitrogens with zero attached hydrogens (tertiary/aromatic N) is 1. The average molecular weight is 358 g/mol. The molecule has 0 saturated carbocycles. The molecule has 0 unspecified atom stereocenters. The van der Waals surface area contributed by atoms with E-state index >= 15 is 0 Å². The molecular weight excluding hydrogens is 336 g/mol. The molecular formula is C23H22N2O2. The predicted molar refractivity (Wildman–Crippen MR) is 108 cm³/mol. The summed E-state index contributed by atoms with van der Waals surface area (Å²) in [5.74, 6) is 0.939. The lowest BCUT2D eigenvalue weighted by Crippen LogP contribution is -2.22. The van der Waals surface area contributed by atoms with E-state index in [1.54, 1.807) is 6.20 Å². The van der Waals surface area contributed by atoms with Crippen molar-refractivity contribution in [2.45, 2.75) is 32.7 Å². The van der Waals surface area contributed by atoms with Crippen LogP contribution in [0.3, 0.4) is 0 Å². The Hall–Kier alpha value is -3.14. The van der Waals surface area contributed by atoms with Crippen LogP contribution >= 0.6 is 0 Å². The van der Waals surface area contributed by atoms with E-state index in [1.807, 2.05) is 42.5 Å². The van der Waals surface area contributed by atoms with E-state index in [0.29, 0.717) is 12.1 Å². The van der Waals surface area contributed by atoms with E-state index in [1.165, 1.54) is 0 Å². The van der Waals surface area contributed by atoms with Crippen molar-refractivity contribution in [2.24, 2.45) is 0 Å². The SMILES string of the molecule is CCCCc1cc2cc(CNC(=O)c3ccc4ncccc4c3)ccc2o1. The number of pyridine rings is 1. The molecule has 2 aromatic heterocycles. The molecule has 0 atom stereocenters. The Morgan fingerprint density at radius 3 is 2.89 bits per heavy atom. The molecule has 4 nitrogen and oxygen atoms in total. The van der Waals surface area contributed by atoms with E-state index < -0.39 is 0 Å². The smallest absolute Gasteiger partial charge is 0.251 e. The predicted octanol–water partition coefficient (Wildman–Crippen LogP) is 5.25. The van der Waals surface area contributed by atoms with Gasteiger partial charge in [0.25, 0.3) is 5.91 Å². The lowest BCUT2D eigenvalue weighted by molar-refractivity contribution is 0.0951. The Balaban J connectivity index is 1.46. The van der Waals surface area contributed by atoms with Gasteiger partial charge in [0.2, 0.25) is 0 Å². The first-order chi connectivity index (χ1) is 13.2. The summed E-state index contributed by atoms with van der Waals surface area (Å²) in [7, 11) is 0. The van der Waals surface area contributed by atoms with Crippen molar-refractivity contribution in [3.8, 4) is 0 Å². The summed E-state index contributed by atoms with van der Waals surface area (Å²) in [5.41, 5.74) is 3.49. The maximum atomic E-state index is 12.5. The van der Waals surface area contributed by atoms with Gasteiger partial charge in [-0.3, -0.25) is 9.78 Å². The van der Waals surface area contributed by atoms with Crippen LogP contribution in [-0.4, -0.2) is 10.9 Å². The summed E-state index contributed by atoms with van der Waals surface area (Å²) in [6, 6.07) is 17.6. The van der Waals surface area contributed by atoms with Gasteiger partial charge in [-0.2, -0.15) is 0 Å². The van der Waals surface area contributed by atoms with E-state index in [0.717, 1.165) is 52.5 Å². The summed E-state index contributed by atoms with van der Waals surface area (Å²) >= 11 is 0. The molecule has 136 valence electrons. The number of benzene rings is 2. The molecule has 4 rings (SSSR count). The summed E-state index contributed by atoms with van der Waals surface area (Å²) in [6.45, 7) is 2.66. The third kappa shape index (κ3) is 3.85. The topological polar surface area (TPSA) is 55.1 Å². The molecule has 0 aliphatic rings. The Kier molecular flexibility index (Phi) is 4.88. The monoisotopic (exact) mass is 358 g/mol. The Bertz CT molecular complexity index is 1100. The average Bonchev–Trinajstić information content (AvgIpc) is 3.12. The molecule has 4 heteroatoms. The van der Waals surface area contributed by atoms with Gasteiger partial charge in [0, 0.05) is 35.5 Å². The first-order valence-electron chi connectivity index (χ1n) is 9.37. The van der Waals surface area contributed by atoms with E-state index in [9.17, 15) is 4.79 Å². The van der Waals surface area contributed by atoms with Crippen LogP contribution in [0.4, 0.5) is 0 Å². The van der Waals surface area contributed by atoms with Crippen molar-refractivity contribution in [1.29, 1.82) is 0 Å². The zero-order valence-corrected chi connectivity index (χ0v) is 15.4. The van der Waals surface area contributed by atoms with Gasteiger partial charge in [0.1, 0.15) is 11.3 Å². The normalized spacial score (nSPS) is 11.1. The van der Waals surface area contributed by atoms with Crippen LogP contribution in [0.25, 0.3) is 21.9 Å². The minimum Gasteiger partial charge on any atom is -0.461 e. The van der Waals surface area contributed by atoms with Crippen LogP contribution in [0.5, 0.6) is 0 Å². The maximum absolute atomic E-state index is 12.5. The van der Waals surface area contributed by atoms with Gasteiger partial charge in [-0.25, -0.2) is 0 Å². The van der Waals surface area contributed by atoms with Crippen LogP contribution < -0.4 is 5.32 Å². The Morgan fingerprint density at radius 1 is 1.07 bits per heavy atom. The summed E-state index contributed by atoms with van der Waals surface area (Å²) in [6.07, 6.45) is 5.00. The van der Waals surface area contributed by atoms with Crippen molar-refractivity contribution in [1.82, 2.24) is 10.3 Å². The summed E-state index contributed by atoms with van der Waals surface area (Å²) in [4.78, 5) is 16.8. The van der Waals surface area contributed by atoms with Crippen molar-refractivity contribution in [3.63, 3.8) is 0 Å². The zero-order valence-electron chi connectivity index (χ0n) is 15.4. The van der Waals surface area contributed by atoms with E-state index in [4.69, 9.17) is 4.42 Å². The molecule has 2 aromatic carbocycles. The molecule has 1 N–H and O–H groups in total. The van der Waals surface area contributed by atoms with Crippen molar-refractivity contribution in [2.75, 3.05) is 0 Å². The summed E-state index contributed by atoms with van der Waals surface area (Å²) < 4.78 is 5.87. The van der Waals surface area contributed by atoms with Crippen LogP contribution in [0.1, 0.15) is 41.4 Å².